The van der Waals surface area contributed by atoms with Crippen molar-refractivity contribution in [3.63, 3.8) is 0 Å². The highest BCUT2D eigenvalue weighted by Gasteiger charge is 2.76. The Labute approximate surface area is 144 Å². The van der Waals surface area contributed by atoms with E-state index in [0.29, 0.717) is 13.2 Å². The van der Waals surface area contributed by atoms with Gasteiger partial charge in [0.2, 0.25) is 11.6 Å². The Balaban J connectivity index is 2.01. The summed E-state index contributed by atoms with van der Waals surface area (Å²) in [7, 11) is 3.04. The van der Waals surface area contributed by atoms with Gasteiger partial charge in [0.25, 0.3) is 0 Å². The average molecular weight is 364 g/mol. The molecular weight excluding hydrogens is 342 g/mol. The molecule has 1 saturated heterocycles. The summed E-state index contributed by atoms with van der Waals surface area (Å²) in [6.07, 6.45) is 2.42. The summed E-state index contributed by atoms with van der Waals surface area (Å²) in [5.74, 6) is -4.38. The molecule has 0 amide bonds. The minimum absolute atomic E-state index is 0.0593. The number of ether oxygens (including phenoxy) is 7. The standard InChI is InChI=1S/C16H22F2O7/c1-4-15-9-12(23-10-21-7-5-19-2)13(14(17)16(15,18)25-15)24-11-22-8-6-20-3/h4,9H,1,5-8,10-11H2,2-3H3. The van der Waals surface area contributed by atoms with Crippen molar-refractivity contribution >= 4 is 0 Å². The van der Waals surface area contributed by atoms with Crippen LogP contribution in [0.4, 0.5) is 8.78 Å². The highest BCUT2D eigenvalue weighted by Crippen LogP contribution is 2.60. The number of halogens is 2. The van der Waals surface area contributed by atoms with E-state index in [4.69, 9.17) is 33.2 Å². The van der Waals surface area contributed by atoms with Crippen molar-refractivity contribution in [2.75, 3.05) is 54.2 Å². The van der Waals surface area contributed by atoms with E-state index in [2.05, 4.69) is 6.58 Å². The summed E-state index contributed by atoms with van der Waals surface area (Å²) in [6.45, 7) is 4.19. The van der Waals surface area contributed by atoms with Gasteiger partial charge in [-0.3, -0.25) is 0 Å². The van der Waals surface area contributed by atoms with Crippen LogP contribution in [0, 0.1) is 0 Å². The van der Waals surface area contributed by atoms with E-state index in [1.807, 2.05) is 0 Å². The fourth-order valence-corrected chi connectivity index (χ4v) is 2.14. The number of hydrogen-bond donors (Lipinski definition) is 0. The van der Waals surface area contributed by atoms with Crippen LogP contribution in [0.2, 0.25) is 0 Å². The van der Waals surface area contributed by atoms with Gasteiger partial charge in [-0.25, -0.2) is 4.39 Å². The van der Waals surface area contributed by atoms with Gasteiger partial charge in [0, 0.05) is 20.3 Å². The van der Waals surface area contributed by atoms with Gasteiger partial charge >= 0.3 is 5.85 Å². The van der Waals surface area contributed by atoms with Crippen LogP contribution < -0.4 is 0 Å². The van der Waals surface area contributed by atoms with Crippen molar-refractivity contribution in [1.82, 2.24) is 0 Å². The van der Waals surface area contributed by atoms with Gasteiger partial charge in [-0.2, -0.15) is 4.39 Å². The highest BCUT2D eigenvalue weighted by molar-refractivity contribution is 5.48. The monoisotopic (exact) mass is 364 g/mol. The second-order valence-electron chi connectivity index (χ2n) is 5.17. The molecule has 0 spiro atoms. The van der Waals surface area contributed by atoms with Crippen LogP contribution in [0.3, 0.4) is 0 Å². The van der Waals surface area contributed by atoms with Crippen molar-refractivity contribution in [2.24, 2.45) is 0 Å². The third kappa shape index (κ3) is 4.18. The summed E-state index contributed by atoms with van der Waals surface area (Å²) >= 11 is 0. The molecule has 0 saturated carbocycles. The fourth-order valence-electron chi connectivity index (χ4n) is 2.14. The van der Waals surface area contributed by atoms with Crippen LogP contribution in [0.25, 0.3) is 0 Å². The summed E-state index contributed by atoms with van der Waals surface area (Å²) in [5.41, 5.74) is -1.61. The Morgan fingerprint density at radius 1 is 1.08 bits per heavy atom. The lowest BCUT2D eigenvalue weighted by atomic mass is 9.96. The van der Waals surface area contributed by atoms with Crippen LogP contribution >= 0.6 is 0 Å². The normalized spacial score (nSPS) is 27.6. The molecule has 0 aromatic heterocycles. The second kappa shape index (κ2) is 8.72. The predicted molar refractivity (Wildman–Crippen MR) is 81.6 cm³/mol. The first-order chi connectivity index (χ1) is 12.0. The first kappa shape index (κ1) is 19.8. The molecule has 1 aliphatic heterocycles. The van der Waals surface area contributed by atoms with E-state index >= 15 is 0 Å². The SMILES string of the molecule is C=CC12C=C(OCOCCOC)C(OCOCCOC)=C(F)C1(F)O2. The molecule has 0 N–H and O–H groups in total. The fraction of sp³-hybridized carbons (Fsp3) is 0.625. The third-order valence-electron chi connectivity index (χ3n) is 3.57. The highest BCUT2D eigenvalue weighted by atomic mass is 19.2. The van der Waals surface area contributed by atoms with Gasteiger partial charge in [-0.15, -0.1) is 0 Å². The second-order valence-corrected chi connectivity index (χ2v) is 5.17. The van der Waals surface area contributed by atoms with Gasteiger partial charge in [0.05, 0.1) is 26.4 Å². The number of alkyl halides is 1. The van der Waals surface area contributed by atoms with Crippen LogP contribution in [0.1, 0.15) is 0 Å². The largest absolute Gasteiger partial charge is 0.464 e. The predicted octanol–water partition coefficient (Wildman–Crippen LogP) is 1.96. The molecule has 2 atom stereocenters. The number of methoxy groups -OCH3 is 2. The van der Waals surface area contributed by atoms with Crippen molar-refractivity contribution in [2.45, 2.75) is 11.5 Å². The van der Waals surface area contributed by atoms with E-state index in [1.54, 1.807) is 0 Å². The molecule has 25 heavy (non-hydrogen) atoms. The Bertz CT molecular complexity index is 537. The van der Waals surface area contributed by atoms with Crippen molar-refractivity contribution < 1.29 is 41.9 Å². The van der Waals surface area contributed by atoms with E-state index in [1.165, 1.54) is 20.3 Å². The average Bonchev–Trinajstić information content (AvgIpc) is 3.23. The molecule has 142 valence electrons. The van der Waals surface area contributed by atoms with Gasteiger partial charge in [0.15, 0.2) is 24.9 Å². The maximum atomic E-state index is 14.5. The molecule has 0 aromatic rings. The minimum atomic E-state index is -2.64. The first-order valence-electron chi connectivity index (χ1n) is 7.59. The van der Waals surface area contributed by atoms with Crippen LogP contribution in [-0.2, 0) is 33.2 Å². The molecule has 1 heterocycles. The molecule has 1 aliphatic carbocycles. The molecule has 9 heteroatoms. The molecule has 2 rings (SSSR count). The summed E-state index contributed by atoms with van der Waals surface area (Å²) < 4.78 is 64.3. The third-order valence-corrected chi connectivity index (χ3v) is 3.57. The Morgan fingerprint density at radius 2 is 1.68 bits per heavy atom. The lowest BCUT2D eigenvalue weighted by Gasteiger charge is -2.21. The van der Waals surface area contributed by atoms with Gasteiger partial charge in [-0.05, 0) is 6.08 Å². The zero-order valence-corrected chi connectivity index (χ0v) is 14.2. The Morgan fingerprint density at radius 3 is 2.24 bits per heavy atom. The summed E-state index contributed by atoms with van der Waals surface area (Å²) in [6, 6.07) is 0. The molecular formula is C16H22F2O7. The number of rotatable bonds is 13. The van der Waals surface area contributed by atoms with E-state index in [-0.39, 0.29) is 32.6 Å². The minimum Gasteiger partial charge on any atom is -0.464 e. The summed E-state index contributed by atoms with van der Waals surface area (Å²) in [4.78, 5) is 0. The van der Waals surface area contributed by atoms with Crippen molar-refractivity contribution in [1.29, 1.82) is 0 Å². The number of fused-ring (bicyclic) bond motifs is 1. The molecule has 2 aliphatic rings. The maximum Gasteiger partial charge on any atom is 0.303 e. The number of hydrogen-bond acceptors (Lipinski definition) is 7. The maximum absolute atomic E-state index is 14.5. The number of epoxide rings is 1. The molecule has 0 radical (unpaired) electrons. The van der Waals surface area contributed by atoms with Crippen molar-refractivity contribution in [3.05, 3.63) is 36.1 Å². The van der Waals surface area contributed by atoms with Crippen LogP contribution in [-0.4, -0.2) is 65.7 Å². The van der Waals surface area contributed by atoms with Crippen LogP contribution in [0.15, 0.2) is 36.1 Å². The quantitative estimate of drug-likeness (QED) is 0.214. The zero-order valence-electron chi connectivity index (χ0n) is 14.2. The van der Waals surface area contributed by atoms with Gasteiger partial charge in [0.1, 0.15) is 0 Å². The lowest BCUT2D eigenvalue weighted by molar-refractivity contribution is -0.0661. The van der Waals surface area contributed by atoms with Crippen LogP contribution in [0.5, 0.6) is 0 Å². The van der Waals surface area contributed by atoms with E-state index in [0.717, 1.165) is 6.08 Å². The first-order valence-corrected chi connectivity index (χ1v) is 7.59. The molecule has 2 unspecified atom stereocenters. The molecule has 1 fully saturated rings. The molecule has 0 aromatic carbocycles. The Kier molecular flexibility index (Phi) is 6.91. The molecule has 0 bridgehead atoms. The van der Waals surface area contributed by atoms with Gasteiger partial charge < -0.3 is 33.2 Å². The zero-order chi connectivity index (χ0) is 18.3. The smallest absolute Gasteiger partial charge is 0.303 e. The van der Waals surface area contributed by atoms with E-state index in [9.17, 15) is 8.78 Å². The van der Waals surface area contributed by atoms with Gasteiger partial charge in [-0.1, -0.05) is 6.58 Å². The molecule has 7 nitrogen and oxygen atoms in total. The van der Waals surface area contributed by atoms with Crippen molar-refractivity contribution in [3.8, 4) is 0 Å². The lowest BCUT2D eigenvalue weighted by Crippen LogP contribution is -2.26. The van der Waals surface area contributed by atoms with E-state index < -0.39 is 23.0 Å². The Hall–Kier alpha value is -1.52. The topological polar surface area (TPSA) is 67.9 Å². The summed E-state index contributed by atoms with van der Waals surface area (Å²) in [5, 5.41) is 0.